The fourth-order valence-electron chi connectivity index (χ4n) is 2.27. The van der Waals surface area contributed by atoms with Gasteiger partial charge in [-0.25, -0.2) is 4.98 Å². The molecule has 3 aromatic heterocycles. The Hall–Kier alpha value is -2.42. The van der Waals surface area contributed by atoms with Gasteiger partial charge < -0.3 is 0 Å². The molecule has 0 amide bonds. The minimum absolute atomic E-state index is 0.969. The third-order valence-electron chi connectivity index (χ3n) is 3.06. The summed E-state index contributed by atoms with van der Waals surface area (Å²) in [5.74, 6) is 0. The van der Waals surface area contributed by atoms with Gasteiger partial charge >= 0.3 is 0 Å². The Balaban J connectivity index is 2.34. The second-order valence-corrected chi connectivity index (χ2v) is 4.05. The maximum atomic E-state index is 4.67. The van der Waals surface area contributed by atoms with Crippen LogP contribution in [0.15, 0.2) is 54.9 Å². The second-order valence-electron chi connectivity index (χ2n) is 4.05. The standard InChI is InChI=1S/C14H9N3/c1-2-6-13-12(5-1)16-14-10-4-3-8-15-11(10)7-9-17(13)14/h1-9H. The molecule has 4 rings (SSSR count). The maximum Gasteiger partial charge on any atom is 0.147 e. The molecule has 0 atom stereocenters. The molecule has 0 spiro atoms. The second kappa shape index (κ2) is 3.04. The van der Waals surface area contributed by atoms with E-state index < -0.39 is 0 Å². The van der Waals surface area contributed by atoms with Gasteiger partial charge in [0.2, 0.25) is 0 Å². The molecule has 0 aliphatic heterocycles. The van der Waals surface area contributed by atoms with Crippen LogP contribution in [0.2, 0.25) is 0 Å². The zero-order valence-corrected chi connectivity index (χ0v) is 9.04. The Morgan fingerprint density at radius 2 is 1.82 bits per heavy atom. The van der Waals surface area contributed by atoms with Crippen LogP contribution < -0.4 is 0 Å². The molecule has 0 unspecified atom stereocenters. The molecule has 0 bridgehead atoms. The van der Waals surface area contributed by atoms with Crippen molar-refractivity contribution >= 4 is 27.6 Å². The molecular formula is C14H9N3. The number of imidazole rings is 1. The number of rotatable bonds is 0. The number of aromatic nitrogens is 3. The molecule has 0 fully saturated rings. The van der Waals surface area contributed by atoms with Crippen molar-refractivity contribution in [3.63, 3.8) is 0 Å². The Labute approximate surface area is 97.4 Å². The number of para-hydroxylation sites is 2. The summed E-state index contributed by atoms with van der Waals surface area (Å²) in [6, 6.07) is 14.2. The van der Waals surface area contributed by atoms with E-state index in [0.29, 0.717) is 0 Å². The van der Waals surface area contributed by atoms with Crippen LogP contribution in [-0.4, -0.2) is 14.4 Å². The first-order chi connectivity index (χ1) is 8.43. The predicted octanol–water partition coefficient (Wildman–Crippen LogP) is 3.04. The normalized spacial score (nSPS) is 11.5. The van der Waals surface area contributed by atoms with Crippen molar-refractivity contribution in [3.8, 4) is 0 Å². The SMILES string of the molecule is c1ccc2c(c1)nc1c3cccnc3ccn21. The fraction of sp³-hybridized carbons (Fsp3) is 0. The van der Waals surface area contributed by atoms with Gasteiger partial charge in [0, 0.05) is 17.8 Å². The highest BCUT2D eigenvalue weighted by Gasteiger charge is 2.06. The van der Waals surface area contributed by atoms with Crippen LogP contribution in [0.1, 0.15) is 0 Å². The molecule has 3 heterocycles. The number of pyridine rings is 2. The average Bonchev–Trinajstić information content (AvgIpc) is 2.78. The summed E-state index contributed by atoms with van der Waals surface area (Å²) in [4.78, 5) is 9.01. The number of benzene rings is 1. The average molecular weight is 219 g/mol. The van der Waals surface area contributed by atoms with Crippen LogP contribution in [-0.2, 0) is 0 Å². The quantitative estimate of drug-likeness (QED) is 0.455. The van der Waals surface area contributed by atoms with Gasteiger partial charge in [-0.1, -0.05) is 12.1 Å². The first kappa shape index (κ1) is 8.70. The molecule has 17 heavy (non-hydrogen) atoms. The number of hydrogen-bond donors (Lipinski definition) is 0. The lowest BCUT2D eigenvalue weighted by Gasteiger charge is -1.99. The van der Waals surface area contributed by atoms with E-state index in [0.717, 1.165) is 27.6 Å². The molecule has 3 nitrogen and oxygen atoms in total. The molecular weight excluding hydrogens is 210 g/mol. The number of fused-ring (bicyclic) bond motifs is 5. The van der Waals surface area contributed by atoms with Crippen LogP contribution in [0.5, 0.6) is 0 Å². The van der Waals surface area contributed by atoms with E-state index in [1.54, 1.807) is 0 Å². The molecule has 0 N–H and O–H groups in total. The van der Waals surface area contributed by atoms with E-state index in [1.165, 1.54) is 0 Å². The lowest BCUT2D eigenvalue weighted by molar-refractivity contribution is 1.23. The summed E-state index contributed by atoms with van der Waals surface area (Å²) in [7, 11) is 0. The Morgan fingerprint density at radius 3 is 2.82 bits per heavy atom. The van der Waals surface area contributed by atoms with Crippen molar-refractivity contribution in [3.05, 3.63) is 54.9 Å². The van der Waals surface area contributed by atoms with E-state index in [4.69, 9.17) is 0 Å². The third-order valence-corrected chi connectivity index (χ3v) is 3.06. The summed E-state index contributed by atoms with van der Waals surface area (Å²) >= 11 is 0. The van der Waals surface area contributed by atoms with Crippen molar-refractivity contribution < 1.29 is 0 Å². The van der Waals surface area contributed by atoms with Crippen LogP contribution in [0.25, 0.3) is 27.6 Å². The molecule has 80 valence electrons. The molecule has 0 radical (unpaired) electrons. The molecule has 4 aromatic rings. The van der Waals surface area contributed by atoms with E-state index in [-0.39, 0.29) is 0 Å². The molecule has 3 heteroatoms. The van der Waals surface area contributed by atoms with E-state index >= 15 is 0 Å². The largest absolute Gasteiger partial charge is 0.299 e. The molecule has 0 aliphatic rings. The van der Waals surface area contributed by atoms with Gasteiger partial charge in [-0.3, -0.25) is 9.38 Å². The Kier molecular flexibility index (Phi) is 1.56. The van der Waals surface area contributed by atoms with Crippen molar-refractivity contribution in [2.75, 3.05) is 0 Å². The van der Waals surface area contributed by atoms with Crippen LogP contribution in [0.4, 0.5) is 0 Å². The first-order valence-corrected chi connectivity index (χ1v) is 5.54. The van der Waals surface area contributed by atoms with Crippen LogP contribution in [0.3, 0.4) is 0 Å². The Morgan fingerprint density at radius 1 is 0.882 bits per heavy atom. The molecule has 0 saturated heterocycles. The zero-order valence-electron chi connectivity index (χ0n) is 9.04. The van der Waals surface area contributed by atoms with Gasteiger partial charge in [0.15, 0.2) is 0 Å². The minimum atomic E-state index is 0.969. The highest BCUT2D eigenvalue weighted by Crippen LogP contribution is 2.22. The third kappa shape index (κ3) is 1.11. The molecule has 0 aliphatic carbocycles. The lowest BCUT2D eigenvalue weighted by Crippen LogP contribution is -1.86. The van der Waals surface area contributed by atoms with Crippen molar-refractivity contribution in [1.82, 2.24) is 14.4 Å². The van der Waals surface area contributed by atoms with E-state index in [2.05, 4.69) is 26.5 Å². The van der Waals surface area contributed by atoms with Crippen LogP contribution in [0, 0.1) is 0 Å². The van der Waals surface area contributed by atoms with Crippen molar-refractivity contribution in [1.29, 1.82) is 0 Å². The van der Waals surface area contributed by atoms with Gasteiger partial charge in [0.05, 0.1) is 16.6 Å². The van der Waals surface area contributed by atoms with Gasteiger partial charge in [0.25, 0.3) is 0 Å². The van der Waals surface area contributed by atoms with E-state index in [1.807, 2.05) is 42.7 Å². The Bertz CT molecular complexity index is 846. The lowest BCUT2D eigenvalue weighted by atomic mass is 10.2. The van der Waals surface area contributed by atoms with Crippen molar-refractivity contribution in [2.24, 2.45) is 0 Å². The summed E-state index contributed by atoms with van der Waals surface area (Å²) < 4.78 is 2.11. The van der Waals surface area contributed by atoms with Gasteiger partial charge in [-0.2, -0.15) is 0 Å². The minimum Gasteiger partial charge on any atom is -0.299 e. The van der Waals surface area contributed by atoms with Gasteiger partial charge in [-0.15, -0.1) is 0 Å². The molecule has 0 saturated carbocycles. The van der Waals surface area contributed by atoms with Crippen molar-refractivity contribution in [2.45, 2.75) is 0 Å². The summed E-state index contributed by atoms with van der Waals surface area (Å²) in [5, 5.41) is 1.09. The highest BCUT2D eigenvalue weighted by molar-refractivity contribution is 5.96. The fourth-order valence-corrected chi connectivity index (χ4v) is 2.27. The van der Waals surface area contributed by atoms with Gasteiger partial charge in [0.1, 0.15) is 5.65 Å². The van der Waals surface area contributed by atoms with Gasteiger partial charge in [-0.05, 0) is 30.3 Å². The predicted molar refractivity (Wildman–Crippen MR) is 68.0 cm³/mol. The summed E-state index contributed by atoms with van der Waals surface area (Å²) in [6.45, 7) is 0. The monoisotopic (exact) mass is 219 g/mol. The number of hydrogen-bond acceptors (Lipinski definition) is 2. The first-order valence-electron chi connectivity index (χ1n) is 5.54. The van der Waals surface area contributed by atoms with E-state index in [9.17, 15) is 0 Å². The highest BCUT2D eigenvalue weighted by atomic mass is 15.0. The summed E-state index contributed by atoms with van der Waals surface area (Å²) in [5.41, 5.74) is 4.10. The topological polar surface area (TPSA) is 30.2 Å². The maximum absolute atomic E-state index is 4.67. The molecule has 1 aromatic carbocycles. The zero-order chi connectivity index (χ0) is 11.2. The summed E-state index contributed by atoms with van der Waals surface area (Å²) in [6.07, 6.45) is 3.83. The smallest absolute Gasteiger partial charge is 0.147 e. The van der Waals surface area contributed by atoms with Crippen LogP contribution >= 0.6 is 0 Å². The number of nitrogens with zero attached hydrogens (tertiary/aromatic N) is 3.